The van der Waals surface area contributed by atoms with Gasteiger partial charge in [0.25, 0.3) is 0 Å². The molecule has 1 atom stereocenters. The van der Waals surface area contributed by atoms with E-state index in [1.807, 2.05) is 60.7 Å². The number of allylic oxidation sites excluding steroid dienone is 1. The van der Waals surface area contributed by atoms with Crippen molar-refractivity contribution >= 4 is 23.2 Å². The molecule has 2 N–H and O–H groups in total. The number of fused-ring (bicyclic) bond motifs is 1. The van der Waals surface area contributed by atoms with Crippen molar-refractivity contribution in [3.63, 3.8) is 0 Å². The zero-order valence-electron chi connectivity index (χ0n) is 18.8. The molecule has 0 fully saturated rings. The molecule has 5 rings (SSSR count). The number of carbonyl (C=O) groups excluding carboxylic acids is 2. The van der Waals surface area contributed by atoms with E-state index in [0.29, 0.717) is 17.8 Å². The molecule has 0 unspecified atom stereocenters. The highest BCUT2D eigenvalue weighted by molar-refractivity contribution is 6.06. The number of urea groups is 1. The second-order valence-corrected chi connectivity index (χ2v) is 9.40. The molecule has 1 aliphatic carbocycles. The molecule has 2 aromatic carbocycles. The van der Waals surface area contributed by atoms with Gasteiger partial charge in [0.05, 0.1) is 30.2 Å². The second kappa shape index (κ2) is 8.28. The summed E-state index contributed by atoms with van der Waals surface area (Å²) in [5.41, 5.74) is 3.81. The van der Waals surface area contributed by atoms with Crippen LogP contribution in [0.25, 0.3) is 0 Å². The van der Waals surface area contributed by atoms with Crippen LogP contribution in [0.15, 0.2) is 88.7 Å². The highest BCUT2D eigenvalue weighted by Crippen LogP contribution is 2.48. The molecule has 2 heterocycles. The van der Waals surface area contributed by atoms with Crippen LogP contribution in [0.5, 0.6) is 0 Å². The molecule has 0 radical (unpaired) electrons. The van der Waals surface area contributed by atoms with Crippen molar-refractivity contribution in [3.8, 4) is 0 Å². The van der Waals surface area contributed by atoms with Gasteiger partial charge in [-0.25, -0.2) is 4.79 Å². The number of nitrogens with one attached hydrogen (secondary N) is 2. The lowest BCUT2D eigenvalue weighted by Gasteiger charge is -2.37. The first-order valence-corrected chi connectivity index (χ1v) is 11.2. The van der Waals surface area contributed by atoms with Crippen molar-refractivity contribution in [2.75, 3.05) is 10.2 Å². The Morgan fingerprint density at radius 2 is 1.82 bits per heavy atom. The van der Waals surface area contributed by atoms with Gasteiger partial charge in [0.2, 0.25) is 0 Å². The molecule has 168 valence electrons. The van der Waals surface area contributed by atoms with Gasteiger partial charge in [0.15, 0.2) is 5.78 Å². The van der Waals surface area contributed by atoms with Crippen LogP contribution >= 0.6 is 0 Å². The van der Waals surface area contributed by atoms with Gasteiger partial charge < -0.3 is 15.1 Å². The number of nitrogens with zero attached hydrogens (tertiary/aromatic N) is 1. The fourth-order valence-electron chi connectivity index (χ4n) is 4.82. The molecule has 2 amide bonds. The molecule has 6 nitrogen and oxygen atoms in total. The van der Waals surface area contributed by atoms with Gasteiger partial charge in [-0.15, -0.1) is 0 Å². The molecule has 0 spiro atoms. The molecule has 1 aromatic heterocycles. The third kappa shape index (κ3) is 4.04. The third-order valence-corrected chi connectivity index (χ3v) is 6.23. The fourth-order valence-corrected chi connectivity index (χ4v) is 4.82. The zero-order valence-corrected chi connectivity index (χ0v) is 18.8. The van der Waals surface area contributed by atoms with E-state index in [1.54, 1.807) is 17.2 Å². The van der Waals surface area contributed by atoms with Crippen molar-refractivity contribution in [1.82, 2.24) is 5.32 Å². The van der Waals surface area contributed by atoms with E-state index >= 15 is 0 Å². The smallest absolute Gasteiger partial charge is 0.323 e. The van der Waals surface area contributed by atoms with Gasteiger partial charge in [-0.3, -0.25) is 9.69 Å². The topological polar surface area (TPSA) is 74.6 Å². The predicted molar refractivity (Wildman–Crippen MR) is 128 cm³/mol. The standard InChI is InChI=1S/C27H27N3O3/c1-27(2)15-21-24(23(31)16-27)25(18-9-4-3-5-10-18)30(22-13-7-6-12-20(22)29-21)26(32)28-17-19-11-8-14-33-19/h3-14,25,29H,15-17H2,1-2H3,(H,28,32)/t25-/m1/s1. The first-order valence-electron chi connectivity index (χ1n) is 11.2. The van der Waals surface area contributed by atoms with E-state index in [4.69, 9.17) is 4.42 Å². The number of benzene rings is 2. The Bertz CT molecular complexity index is 1210. The van der Waals surface area contributed by atoms with Crippen LogP contribution in [0, 0.1) is 5.41 Å². The zero-order chi connectivity index (χ0) is 23.0. The van der Waals surface area contributed by atoms with Gasteiger partial charge in [0.1, 0.15) is 5.76 Å². The Balaban J connectivity index is 1.66. The summed E-state index contributed by atoms with van der Waals surface area (Å²) in [5, 5.41) is 6.50. The molecule has 6 heteroatoms. The summed E-state index contributed by atoms with van der Waals surface area (Å²) in [5.74, 6) is 0.732. The molecule has 2 aliphatic rings. The number of ketones is 1. The lowest BCUT2D eigenvalue weighted by Crippen LogP contribution is -2.44. The number of para-hydroxylation sites is 2. The lowest BCUT2D eigenvalue weighted by molar-refractivity contribution is -0.118. The maximum absolute atomic E-state index is 13.7. The number of rotatable bonds is 3. The molecule has 3 aromatic rings. The first-order chi connectivity index (χ1) is 15.9. The summed E-state index contributed by atoms with van der Waals surface area (Å²) in [7, 11) is 0. The quantitative estimate of drug-likeness (QED) is 0.538. The van der Waals surface area contributed by atoms with E-state index < -0.39 is 6.04 Å². The van der Waals surface area contributed by atoms with Gasteiger partial charge >= 0.3 is 6.03 Å². The van der Waals surface area contributed by atoms with Crippen LogP contribution in [0.4, 0.5) is 16.2 Å². The fraction of sp³-hybridized carbons (Fsp3) is 0.259. The summed E-state index contributed by atoms with van der Waals surface area (Å²) >= 11 is 0. The van der Waals surface area contributed by atoms with Crippen molar-refractivity contribution < 1.29 is 14.0 Å². The SMILES string of the molecule is CC1(C)CC(=O)C2=C(C1)Nc1ccccc1N(C(=O)NCc1ccco1)[C@@H]2c1ccccc1. The van der Waals surface area contributed by atoms with E-state index in [9.17, 15) is 9.59 Å². The van der Waals surface area contributed by atoms with Gasteiger partial charge in [-0.05, 0) is 41.7 Å². The minimum absolute atomic E-state index is 0.0687. The molecule has 33 heavy (non-hydrogen) atoms. The van der Waals surface area contributed by atoms with Gasteiger partial charge in [-0.2, -0.15) is 0 Å². The Morgan fingerprint density at radius 3 is 2.58 bits per heavy atom. The van der Waals surface area contributed by atoms with Crippen LogP contribution in [0.2, 0.25) is 0 Å². The summed E-state index contributed by atoms with van der Waals surface area (Å²) in [6, 6.07) is 20.3. The number of Topliss-reactive ketones (excluding diaryl/α,β-unsaturated/α-hetero) is 1. The monoisotopic (exact) mass is 441 g/mol. The number of anilines is 2. The van der Waals surface area contributed by atoms with Crippen LogP contribution in [-0.4, -0.2) is 11.8 Å². The predicted octanol–water partition coefficient (Wildman–Crippen LogP) is 5.81. The lowest BCUT2D eigenvalue weighted by atomic mass is 9.73. The number of hydrogen-bond donors (Lipinski definition) is 2. The Hall–Kier alpha value is -3.80. The summed E-state index contributed by atoms with van der Waals surface area (Å²) < 4.78 is 5.39. The van der Waals surface area contributed by atoms with Crippen LogP contribution in [0.1, 0.15) is 44.1 Å². The minimum atomic E-state index is -0.544. The van der Waals surface area contributed by atoms with E-state index in [0.717, 1.165) is 29.1 Å². The van der Waals surface area contributed by atoms with E-state index in [-0.39, 0.29) is 23.8 Å². The highest BCUT2D eigenvalue weighted by atomic mass is 16.3. The average Bonchev–Trinajstić information content (AvgIpc) is 3.26. The maximum atomic E-state index is 13.7. The summed E-state index contributed by atoms with van der Waals surface area (Å²) in [4.78, 5) is 29.0. The first kappa shape index (κ1) is 21.1. The molecule has 0 bridgehead atoms. The number of carbonyl (C=O) groups is 2. The largest absolute Gasteiger partial charge is 0.467 e. The third-order valence-electron chi connectivity index (χ3n) is 6.23. The van der Waals surface area contributed by atoms with Crippen molar-refractivity contribution in [2.24, 2.45) is 5.41 Å². The van der Waals surface area contributed by atoms with Crippen molar-refractivity contribution in [3.05, 3.63) is 95.6 Å². The number of hydrogen-bond acceptors (Lipinski definition) is 4. The minimum Gasteiger partial charge on any atom is -0.467 e. The van der Waals surface area contributed by atoms with E-state index in [1.165, 1.54) is 0 Å². The Morgan fingerprint density at radius 1 is 1.06 bits per heavy atom. The van der Waals surface area contributed by atoms with Crippen LogP contribution in [0.3, 0.4) is 0 Å². The molecular weight excluding hydrogens is 414 g/mol. The van der Waals surface area contributed by atoms with Gasteiger partial charge in [-0.1, -0.05) is 56.3 Å². The van der Waals surface area contributed by atoms with Crippen LogP contribution < -0.4 is 15.5 Å². The molecular formula is C27H27N3O3. The summed E-state index contributed by atoms with van der Waals surface area (Å²) in [6.45, 7) is 4.48. The highest BCUT2D eigenvalue weighted by Gasteiger charge is 2.43. The Kier molecular flexibility index (Phi) is 5.29. The van der Waals surface area contributed by atoms with Crippen molar-refractivity contribution in [2.45, 2.75) is 39.3 Å². The maximum Gasteiger partial charge on any atom is 0.323 e. The van der Waals surface area contributed by atoms with Gasteiger partial charge in [0, 0.05) is 17.7 Å². The van der Waals surface area contributed by atoms with Crippen LogP contribution in [-0.2, 0) is 11.3 Å². The molecule has 1 aliphatic heterocycles. The Labute approximate surface area is 193 Å². The number of furan rings is 1. The normalized spacial score (nSPS) is 19.3. The molecule has 0 saturated carbocycles. The summed E-state index contributed by atoms with van der Waals surface area (Å²) in [6.07, 6.45) is 2.75. The number of amides is 2. The second-order valence-electron chi connectivity index (χ2n) is 9.40. The van der Waals surface area contributed by atoms with Crippen molar-refractivity contribution in [1.29, 1.82) is 0 Å². The average molecular weight is 442 g/mol. The molecule has 0 saturated heterocycles. The van der Waals surface area contributed by atoms with E-state index in [2.05, 4.69) is 24.5 Å².